The van der Waals surface area contributed by atoms with Crippen LogP contribution < -0.4 is 15.3 Å². The fraction of sp³-hybridized carbons (Fsp3) is 0.217. The Hall–Kier alpha value is -4.35. The van der Waals surface area contributed by atoms with E-state index >= 15 is 0 Å². The Labute approximate surface area is 198 Å². The van der Waals surface area contributed by atoms with Crippen molar-refractivity contribution in [1.82, 2.24) is 20.2 Å². The van der Waals surface area contributed by atoms with Gasteiger partial charge >= 0.3 is 18.1 Å². The molecule has 0 spiro atoms. The smallest absolute Gasteiger partial charge is 0.308 e. The van der Waals surface area contributed by atoms with E-state index in [1.54, 1.807) is 0 Å². The Morgan fingerprint density at radius 1 is 1.03 bits per heavy atom. The number of urea groups is 1. The fourth-order valence-corrected chi connectivity index (χ4v) is 3.53. The average Bonchev–Trinajstić information content (AvgIpc) is 3.27. The van der Waals surface area contributed by atoms with Gasteiger partial charge in [0.1, 0.15) is 12.0 Å². The second-order valence-electron chi connectivity index (χ2n) is 7.77. The summed E-state index contributed by atoms with van der Waals surface area (Å²) in [5.41, 5.74) is 3.50. The molecule has 4 rings (SSSR count). The maximum atomic E-state index is 12.8. The van der Waals surface area contributed by atoms with Gasteiger partial charge in [0.05, 0.1) is 0 Å². The van der Waals surface area contributed by atoms with Crippen molar-refractivity contribution < 1.29 is 27.2 Å². The predicted octanol–water partition coefficient (Wildman–Crippen LogP) is 4.70. The summed E-state index contributed by atoms with van der Waals surface area (Å²) in [5.74, 6) is 0.0174. The molecule has 9 nitrogen and oxygen atoms in total. The number of carbonyl (C=O) groups is 1. The van der Waals surface area contributed by atoms with E-state index in [4.69, 9.17) is 4.52 Å². The van der Waals surface area contributed by atoms with Crippen molar-refractivity contribution in [1.29, 1.82) is 0 Å². The van der Waals surface area contributed by atoms with Gasteiger partial charge in [-0.2, -0.15) is 13.2 Å². The summed E-state index contributed by atoms with van der Waals surface area (Å²) in [4.78, 5) is 24.0. The molecule has 0 aliphatic rings. The van der Waals surface area contributed by atoms with Crippen molar-refractivity contribution in [3.63, 3.8) is 0 Å². The number of anilines is 2. The van der Waals surface area contributed by atoms with Gasteiger partial charge in [0.15, 0.2) is 0 Å². The van der Waals surface area contributed by atoms with Crippen molar-refractivity contribution in [2.75, 3.05) is 10.6 Å². The zero-order valence-corrected chi connectivity index (χ0v) is 19.0. The highest BCUT2D eigenvalue weighted by Crippen LogP contribution is 2.29. The number of nitrogens with zero attached hydrogens (tertiary/aromatic N) is 5. The molecule has 35 heavy (non-hydrogen) atoms. The minimum Gasteiger partial charge on any atom is -0.308 e. The molecule has 2 amide bonds. The lowest BCUT2D eigenvalue weighted by Crippen LogP contribution is -2.39. The highest BCUT2D eigenvalue weighted by molar-refractivity contribution is 5.98. The van der Waals surface area contributed by atoms with E-state index in [1.165, 1.54) is 23.3 Å². The molecule has 0 saturated heterocycles. The maximum absolute atomic E-state index is 12.8. The van der Waals surface area contributed by atoms with Gasteiger partial charge in [-0.15, -0.1) is 0 Å². The van der Waals surface area contributed by atoms with Crippen LogP contribution in [0.3, 0.4) is 0 Å². The molecule has 180 valence electrons. The maximum Gasteiger partial charge on any atom is 0.433 e. The number of carbonyl (C=O) groups excluding carboxylic acids is 1. The van der Waals surface area contributed by atoms with Gasteiger partial charge < -0.3 is 5.32 Å². The topological polar surface area (TPSA) is 110 Å². The lowest BCUT2D eigenvalue weighted by Gasteiger charge is -2.09. The molecule has 1 unspecified atom stereocenters. The van der Waals surface area contributed by atoms with E-state index in [0.717, 1.165) is 40.3 Å². The highest BCUT2D eigenvalue weighted by Gasteiger charge is 2.32. The van der Waals surface area contributed by atoms with Crippen LogP contribution in [0.15, 0.2) is 59.6 Å². The number of amides is 2. The quantitative estimate of drug-likeness (QED) is 0.397. The number of alkyl halides is 3. The molecule has 4 aromatic rings. The number of aromatic nitrogens is 5. The largest absolute Gasteiger partial charge is 0.433 e. The Bertz CT molecular complexity index is 1330. The Kier molecular flexibility index (Phi) is 6.45. The van der Waals surface area contributed by atoms with Gasteiger partial charge in [-0.1, -0.05) is 24.3 Å². The second-order valence-corrected chi connectivity index (χ2v) is 7.77. The fourth-order valence-electron chi connectivity index (χ4n) is 3.53. The van der Waals surface area contributed by atoms with E-state index in [2.05, 4.69) is 30.9 Å². The molecule has 0 saturated carbocycles. The first-order valence-corrected chi connectivity index (χ1v) is 10.5. The van der Waals surface area contributed by atoms with Crippen LogP contribution in [0.4, 0.5) is 29.5 Å². The minimum absolute atomic E-state index is 0.0174. The summed E-state index contributed by atoms with van der Waals surface area (Å²) in [5, 5.41) is 8.64. The van der Waals surface area contributed by atoms with Crippen LogP contribution in [0.1, 0.15) is 35.6 Å². The van der Waals surface area contributed by atoms with Crippen molar-refractivity contribution in [2.24, 2.45) is 0 Å². The molecule has 12 heteroatoms. The Morgan fingerprint density at radius 3 is 2.37 bits per heavy atom. The second kappa shape index (κ2) is 9.49. The van der Waals surface area contributed by atoms with Gasteiger partial charge in [-0.3, -0.25) is 14.8 Å². The third-order valence-electron chi connectivity index (χ3n) is 5.33. The van der Waals surface area contributed by atoms with Crippen LogP contribution in [-0.2, 0) is 6.18 Å². The molecule has 0 bridgehead atoms. The summed E-state index contributed by atoms with van der Waals surface area (Å²) < 4.78 is 45.0. The molecule has 1 atom stereocenters. The average molecular weight is 484 g/mol. The van der Waals surface area contributed by atoms with Crippen LogP contribution >= 0.6 is 0 Å². The minimum atomic E-state index is -4.62. The molecule has 0 aliphatic carbocycles. The summed E-state index contributed by atoms with van der Waals surface area (Å²) in [6.07, 6.45) is -0.646. The number of hydrogen-bond donors (Lipinski definition) is 2. The van der Waals surface area contributed by atoms with Crippen molar-refractivity contribution in [2.45, 2.75) is 33.0 Å². The van der Waals surface area contributed by atoms with Gasteiger partial charge in [0.25, 0.3) is 6.20 Å². The number of halogens is 3. The molecule has 0 fully saturated rings. The third kappa shape index (κ3) is 5.42. The number of benzene rings is 1. The standard InChI is InChI=1S/C23H20F3N7O2/c1-13-21(14(2)29-12-28-13)17-6-4-16(5-7-17)15(3)33-11-20(35-32-33)31-22(34)30-18-8-9-27-19(10-18)23(24,25)26/h4-12,15H,1-3H3,(H-,27,30,31,32,34)/p+1. The summed E-state index contributed by atoms with van der Waals surface area (Å²) >= 11 is 0. The van der Waals surface area contributed by atoms with Crippen molar-refractivity contribution >= 4 is 17.6 Å². The lowest BCUT2D eigenvalue weighted by molar-refractivity contribution is -0.774. The van der Waals surface area contributed by atoms with Gasteiger partial charge in [-0.25, -0.2) is 14.8 Å². The first-order chi connectivity index (χ1) is 16.6. The number of rotatable bonds is 5. The first-order valence-electron chi connectivity index (χ1n) is 10.5. The molecular formula is C23H21F3N7O2+. The summed E-state index contributed by atoms with van der Waals surface area (Å²) in [6.45, 7) is 5.76. The number of aryl methyl sites for hydroxylation is 2. The Balaban J connectivity index is 1.42. The van der Waals surface area contributed by atoms with Gasteiger partial charge in [0, 0.05) is 41.3 Å². The van der Waals surface area contributed by atoms with E-state index in [-0.39, 0.29) is 17.6 Å². The monoisotopic (exact) mass is 484 g/mol. The van der Waals surface area contributed by atoms with Crippen LogP contribution in [-0.4, -0.2) is 26.3 Å². The van der Waals surface area contributed by atoms with E-state index < -0.39 is 17.9 Å². The van der Waals surface area contributed by atoms with Crippen LogP contribution in [0, 0.1) is 13.8 Å². The molecule has 0 aliphatic heterocycles. The number of pyridine rings is 1. The van der Waals surface area contributed by atoms with E-state index in [1.807, 2.05) is 45.0 Å². The normalized spacial score (nSPS) is 12.3. The van der Waals surface area contributed by atoms with Crippen LogP contribution in [0.25, 0.3) is 11.1 Å². The predicted molar refractivity (Wildman–Crippen MR) is 119 cm³/mol. The molecule has 1 aromatic carbocycles. The van der Waals surface area contributed by atoms with E-state index in [0.29, 0.717) is 0 Å². The van der Waals surface area contributed by atoms with Crippen molar-refractivity contribution in [3.8, 4) is 11.1 Å². The first kappa shape index (κ1) is 23.8. The third-order valence-corrected chi connectivity index (χ3v) is 5.33. The SMILES string of the molecule is Cc1ncnc(C)c1-c1ccc(C(C)[n+]2cc(NC(=O)Nc3ccnc(C(F)(F)F)c3)on2)cc1. The van der Waals surface area contributed by atoms with Crippen LogP contribution in [0.2, 0.25) is 0 Å². The molecule has 3 heterocycles. The van der Waals surface area contributed by atoms with E-state index in [9.17, 15) is 18.0 Å². The molecule has 2 N–H and O–H groups in total. The molecule has 3 aromatic heterocycles. The summed E-state index contributed by atoms with van der Waals surface area (Å²) in [6, 6.07) is 8.81. The van der Waals surface area contributed by atoms with Gasteiger partial charge in [0.2, 0.25) is 11.3 Å². The summed E-state index contributed by atoms with van der Waals surface area (Å²) in [7, 11) is 0. The zero-order valence-electron chi connectivity index (χ0n) is 19.0. The number of hydrogen-bond acceptors (Lipinski definition) is 6. The molecule has 0 radical (unpaired) electrons. The highest BCUT2D eigenvalue weighted by atomic mass is 19.4. The number of nitrogens with one attached hydrogen (secondary N) is 2. The molecular weight excluding hydrogens is 463 g/mol. The van der Waals surface area contributed by atoms with Crippen LogP contribution in [0.5, 0.6) is 0 Å². The van der Waals surface area contributed by atoms with Crippen molar-refractivity contribution in [3.05, 3.63) is 77.8 Å². The van der Waals surface area contributed by atoms with Gasteiger partial charge in [-0.05, 0) is 36.2 Å². The zero-order chi connectivity index (χ0) is 25.2. The lowest BCUT2D eigenvalue weighted by atomic mass is 9.99. The Morgan fingerprint density at radius 2 is 1.71 bits per heavy atom.